The number of fused-ring (bicyclic) bond motifs is 3. The molecule has 0 spiro atoms. The van der Waals surface area contributed by atoms with Crippen LogP contribution in [0, 0.1) is 0 Å². The van der Waals surface area contributed by atoms with Crippen molar-refractivity contribution in [2.24, 2.45) is 0 Å². The second-order valence-electron chi connectivity index (χ2n) is 15.0. The van der Waals surface area contributed by atoms with Gasteiger partial charge in [-0.3, -0.25) is 0 Å². The van der Waals surface area contributed by atoms with E-state index in [1.165, 1.54) is 76.5 Å². The topological polar surface area (TPSA) is 8.17 Å². The van der Waals surface area contributed by atoms with Crippen molar-refractivity contribution in [3.8, 4) is 16.8 Å². The molecule has 0 radical (unpaired) electrons. The molecular formula is C50H38N2. The number of hydrogen-bond acceptors (Lipinski definition) is 1. The van der Waals surface area contributed by atoms with Gasteiger partial charge in [-0.2, -0.15) is 0 Å². The van der Waals surface area contributed by atoms with Gasteiger partial charge in [-0.15, -0.1) is 0 Å². The van der Waals surface area contributed by atoms with E-state index in [9.17, 15) is 0 Å². The van der Waals surface area contributed by atoms with Crippen LogP contribution in [-0.4, -0.2) is 4.57 Å². The second-order valence-corrected chi connectivity index (χ2v) is 15.0. The van der Waals surface area contributed by atoms with Crippen LogP contribution < -0.4 is 4.90 Å². The van der Waals surface area contributed by atoms with Gasteiger partial charge in [-0.25, -0.2) is 0 Å². The monoisotopic (exact) mass is 666 g/mol. The molecule has 0 aliphatic heterocycles. The number of hydrogen-bond donors (Lipinski definition) is 0. The highest BCUT2D eigenvalue weighted by atomic mass is 15.1. The maximum Gasteiger partial charge on any atom is 0.0541 e. The number of rotatable bonds is 5. The van der Waals surface area contributed by atoms with Crippen LogP contribution in [0.3, 0.4) is 0 Å². The Labute approximate surface area is 304 Å². The summed E-state index contributed by atoms with van der Waals surface area (Å²) in [5.41, 5.74) is 10.9. The Morgan fingerprint density at radius 3 is 1.67 bits per heavy atom. The summed E-state index contributed by atoms with van der Waals surface area (Å²) in [7, 11) is 0. The molecule has 52 heavy (non-hydrogen) atoms. The van der Waals surface area contributed by atoms with E-state index in [0.29, 0.717) is 0 Å². The van der Waals surface area contributed by atoms with E-state index in [-0.39, 0.29) is 5.41 Å². The van der Waals surface area contributed by atoms with E-state index in [2.05, 4.69) is 206 Å². The molecule has 9 aromatic carbocycles. The average Bonchev–Trinajstić information content (AvgIpc) is 3.52. The van der Waals surface area contributed by atoms with E-state index < -0.39 is 0 Å². The van der Waals surface area contributed by atoms with Crippen molar-refractivity contribution in [2.45, 2.75) is 26.2 Å². The number of anilines is 3. The second kappa shape index (κ2) is 11.6. The summed E-state index contributed by atoms with van der Waals surface area (Å²) in [5, 5.41) is 10.1. The van der Waals surface area contributed by atoms with Crippen LogP contribution in [0.5, 0.6) is 0 Å². The van der Waals surface area contributed by atoms with Gasteiger partial charge in [-0.1, -0.05) is 154 Å². The first-order valence-electron chi connectivity index (χ1n) is 18.2. The minimum absolute atomic E-state index is 0.0619. The van der Waals surface area contributed by atoms with Gasteiger partial charge >= 0.3 is 0 Å². The minimum Gasteiger partial charge on any atom is -0.309 e. The van der Waals surface area contributed by atoms with Crippen LogP contribution in [-0.2, 0) is 5.41 Å². The molecule has 0 N–H and O–H groups in total. The van der Waals surface area contributed by atoms with Crippen molar-refractivity contribution >= 4 is 71.2 Å². The van der Waals surface area contributed by atoms with Gasteiger partial charge in [0.15, 0.2) is 0 Å². The fourth-order valence-electron chi connectivity index (χ4n) is 8.39. The molecule has 2 nitrogen and oxygen atoms in total. The summed E-state index contributed by atoms with van der Waals surface area (Å²) in [6.45, 7) is 6.83. The molecule has 2 heteroatoms. The molecule has 0 fully saturated rings. The maximum absolute atomic E-state index is 2.47. The van der Waals surface area contributed by atoms with Gasteiger partial charge in [0.25, 0.3) is 0 Å². The van der Waals surface area contributed by atoms with E-state index in [4.69, 9.17) is 0 Å². The molecule has 10 rings (SSSR count). The molecule has 1 heterocycles. The van der Waals surface area contributed by atoms with Crippen molar-refractivity contribution in [3.05, 3.63) is 181 Å². The fourth-order valence-corrected chi connectivity index (χ4v) is 8.39. The van der Waals surface area contributed by atoms with Crippen LogP contribution in [0.1, 0.15) is 26.3 Å². The highest BCUT2D eigenvalue weighted by Gasteiger charge is 2.23. The number of aromatic nitrogens is 1. The normalized spacial score (nSPS) is 12.1. The summed E-state index contributed by atoms with van der Waals surface area (Å²) in [4.78, 5) is 2.47. The van der Waals surface area contributed by atoms with Gasteiger partial charge in [0.05, 0.1) is 28.1 Å². The third-order valence-corrected chi connectivity index (χ3v) is 10.9. The molecule has 0 bridgehead atoms. The lowest BCUT2D eigenvalue weighted by atomic mass is 9.87. The molecule has 0 unspecified atom stereocenters. The van der Waals surface area contributed by atoms with Crippen molar-refractivity contribution < 1.29 is 0 Å². The first-order chi connectivity index (χ1) is 25.5. The Bertz CT molecular complexity index is 2870. The zero-order chi connectivity index (χ0) is 35.0. The van der Waals surface area contributed by atoms with Gasteiger partial charge in [0.1, 0.15) is 0 Å². The number of para-hydroxylation sites is 3. The van der Waals surface area contributed by atoms with E-state index >= 15 is 0 Å². The summed E-state index contributed by atoms with van der Waals surface area (Å²) < 4.78 is 2.46. The molecule has 0 saturated heterocycles. The molecule has 0 aliphatic rings. The Morgan fingerprint density at radius 1 is 0.423 bits per heavy atom. The molecular weight excluding hydrogens is 629 g/mol. The van der Waals surface area contributed by atoms with Gasteiger partial charge in [-0.05, 0) is 80.6 Å². The summed E-state index contributed by atoms with van der Waals surface area (Å²) >= 11 is 0. The lowest BCUT2D eigenvalue weighted by molar-refractivity contribution is 0.590. The quantitative estimate of drug-likeness (QED) is 0.166. The lowest BCUT2D eigenvalue weighted by Crippen LogP contribution is -2.14. The predicted molar refractivity (Wildman–Crippen MR) is 223 cm³/mol. The van der Waals surface area contributed by atoms with Crippen LogP contribution in [0.25, 0.3) is 70.9 Å². The molecule has 1 aromatic heterocycles. The Hall–Kier alpha value is -6.38. The Morgan fingerprint density at radius 2 is 0.981 bits per heavy atom. The third-order valence-electron chi connectivity index (χ3n) is 10.9. The van der Waals surface area contributed by atoms with Gasteiger partial charge in [0, 0.05) is 32.8 Å². The largest absolute Gasteiger partial charge is 0.309 e. The molecule has 0 aliphatic carbocycles. The maximum atomic E-state index is 2.47. The molecule has 0 amide bonds. The Kier molecular flexibility index (Phi) is 6.78. The zero-order valence-corrected chi connectivity index (χ0v) is 29.6. The molecule has 248 valence electrons. The fraction of sp³-hybridized carbons (Fsp3) is 0.0800. The molecule has 0 atom stereocenters. The summed E-state index contributed by atoms with van der Waals surface area (Å²) in [6.07, 6.45) is 0. The number of benzene rings is 9. The van der Waals surface area contributed by atoms with E-state index in [1.807, 2.05) is 0 Å². The smallest absolute Gasteiger partial charge is 0.0541 e. The van der Waals surface area contributed by atoms with Crippen LogP contribution >= 0.6 is 0 Å². The van der Waals surface area contributed by atoms with Crippen LogP contribution in [0.4, 0.5) is 17.1 Å². The minimum atomic E-state index is 0.0619. The first-order valence-corrected chi connectivity index (χ1v) is 18.2. The van der Waals surface area contributed by atoms with Gasteiger partial charge < -0.3 is 9.47 Å². The van der Waals surface area contributed by atoms with Crippen molar-refractivity contribution in [2.75, 3.05) is 4.90 Å². The summed E-state index contributed by atoms with van der Waals surface area (Å²) in [5.74, 6) is 0. The van der Waals surface area contributed by atoms with Crippen molar-refractivity contribution in [1.29, 1.82) is 0 Å². The van der Waals surface area contributed by atoms with Crippen LogP contribution in [0.15, 0.2) is 176 Å². The van der Waals surface area contributed by atoms with Crippen molar-refractivity contribution in [3.63, 3.8) is 0 Å². The zero-order valence-electron chi connectivity index (χ0n) is 29.6. The third kappa shape index (κ3) is 4.64. The first kappa shape index (κ1) is 30.4. The molecule has 0 saturated carbocycles. The number of nitrogens with zero attached hydrogens (tertiary/aromatic N) is 2. The summed E-state index contributed by atoms with van der Waals surface area (Å²) in [6, 6.07) is 64.8. The van der Waals surface area contributed by atoms with Crippen molar-refractivity contribution in [1.82, 2.24) is 4.57 Å². The standard InChI is InChI=1S/C50H38N2/c1-50(2,3)36-25-27-37(28-26-36)51(43-18-10-7-15-38(43)33-13-5-4-6-14-33)46-31-23-34-22-30-42-47(32-24-35-21-29-41(46)48(34)49(35)42)52-44-19-11-8-16-39(44)40-17-9-12-20-45(40)52/h4-32H,1-3H3. The van der Waals surface area contributed by atoms with Crippen LogP contribution in [0.2, 0.25) is 0 Å². The van der Waals surface area contributed by atoms with E-state index in [1.54, 1.807) is 0 Å². The lowest BCUT2D eigenvalue weighted by Gasteiger charge is -2.30. The average molecular weight is 667 g/mol. The predicted octanol–water partition coefficient (Wildman–Crippen LogP) is 14.1. The Balaban J connectivity index is 1.26. The molecule has 10 aromatic rings. The highest BCUT2D eigenvalue weighted by molar-refractivity contribution is 6.27. The van der Waals surface area contributed by atoms with E-state index in [0.717, 1.165) is 17.1 Å². The SMILES string of the molecule is CC(C)(C)c1ccc(N(c2ccccc2-c2ccccc2)c2ccc3ccc4c(-n5c6ccccc6c6ccccc65)ccc5ccc2c3c54)cc1. The highest BCUT2D eigenvalue weighted by Crippen LogP contribution is 2.47. The van der Waals surface area contributed by atoms with Gasteiger partial charge in [0.2, 0.25) is 0 Å².